The van der Waals surface area contributed by atoms with Crippen molar-refractivity contribution < 1.29 is 28.5 Å². The second-order valence-electron chi connectivity index (χ2n) is 6.99. The smallest absolute Gasteiger partial charge is 0.435 e. The van der Waals surface area contributed by atoms with Crippen LogP contribution in [0.1, 0.15) is 11.1 Å². The minimum atomic E-state index is -0.576. The van der Waals surface area contributed by atoms with Gasteiger partial charge < -0.3 is 23.7 Å². The summed E-state index contributed by atoms with van der Waals surface area (Å²) in [6.07, 6.45) is 0.927. The Labute approximate surface area is 180 Å². The number of carbonyl (C=O) groups excluding carboxylic acids is 1. The molecule has 8 nitrogen and oxygen atoms in total. The lowest BCUT2D eigenvalue weighted by molar-refractivity contribution is 0.169. The fourth-order valence-electron chi connectivity index (χ4n) is 4.03. The van der Waals surface area contributed by atoms with Crippen LogP contribution in [0.3, 0.4) is 0 Å². The molecule has 0 saturated carbocycles. The highest BCUT2D eigenvalue weighted by molar-refractivity contribution is 5.86. The highest BCUT2D eigenvalue weighted by Crippen LogP contribution is 2.45. The van der Waals surface area contributed by atoms with Gasteiger partial charge >= 0.3 is 6.09 Å². The first-order valence-electron chi connectivity index (χ1n) is 9.74. The third-order valence-corrected chi connectivity index (χ3v) is 5.48. The van der Waals surface area contributed by atoms with Crippen molar-refractivity contribution in [3.63, 3.8) is 0 Å². The Kier molecular flexibility index (Phi) is 5.46. The van der Waals surface area contributed by atoms with Crippen LogP contribution < -0.4 is 18.9 Å². The van der Waals surface area contributed by atoms with Gasteiger partial charge in [0.05, 0.1) is 46.9 Å². The van der Waals surface area contributed by atoms with Crippen LogP contribution in [-0.4, -0.2) is 51.4 Å². The number of benzene rings is 2. The van der Waals surface area contributed by atoms with E-state index in [1.54, 1.807) is 28.4 Å². The van der Waals surface area contributed by atoms with Gasteiger partial charge in [-0.2, -0.15) is 9.78 Å². The standard InChI is InChI=1S/C23H24N2O6/c1-27-15-7-9-16-13(10-15)6-8-17-20(16)24-25(23(26)31-5)21(17)14-11-18(28-2)22(30-4)19(12-14)29-3/h7,9-12H,6,8H2,1-5H3. The first kappa shape index (κ1) is 20.6. The van der Waals surface area contributed by atoms with Crippen molar-refractivity contribution in [2.24, 2.45) is 0 Å². The molecule has 1 aromatic heterocycles. The zero-order chi connectivity index (χ0) is 22.1. The fraction of sp³-hybridized carbons (Fsp3) is 0.304. The molecule has 1 aliphatic carbocycles. The summed E-state index contributed by atoms with van der Waals surface area (Å²) in [5, 5.41) is 4.64. The lowest BCUT2D eigenvalue weighted by atomic mass is 9.87. The van der Waals surface area contributed by atoms with Crippen molar-refractivity contribution in [3.8, 4) is 45.5 Å². The Morgan fingerprint density at radius 1 is 0.903 bits per heavy atom. The van der Waals surface area contributed by atoms with E-state index in [2.05, 4.69) is 5.10 Å². The van der Waals surface area contributed by atoms with Gasteiger partial charge in [0.2, 0.25) is 5.75 Å². The molecule has 0 fully saturated rings. The molecule has 0 aliphatic heterocycles. The second kappa shape index (κ2) is 8.22. The lowest BCUT2D eigenvalue weighted by Gasteiger charge is -2.18. The van der Waals surface area contributed by atoms with E-state index < -0.39 is 6.09 Å². The van der Waals surface area contributed by atoms with Gasteiger partial charge in [-0.05, 0) is 48.7 Å². The van der Waals surface area contributed by atoms with Crippen LogP contribution in [0, 0.1) is 0 Å². The van der Waals surface area contributed by atoms with Gasteiger partial charge in [-0.1, -0.05) is 0 Å². The molecule has 0 bridgehead atoms. The summed E-state index contributed by atoms with van der Waals surface area (Å²) in [5.41, 5.74) is 5.15. The number of methoxy groups -OCH3 is 5. The molecule has 0 unspecified atom stereocenters. The molecule has 162 valence electrons. The Hall–Kier alpha value is -3.68. The predicted molar refractivity (Wildman–Crippen MR) is 115 cm³/mol. The molecule has 0 amide bonds. The monoisotopic (exact) mass is 424 g/mol. The highest BCUT2D eigenvalue weighted by Gasteiger charge is 2.29. The van der Waals surface area contributed by atoms with Crippen molar-refractivity contribution in [1.82, 2.24) is 9.78 Å². The van der Waals surface area contributed by atoms with E-state index in [1.165, 1.54) is 11.8 Å². The van der Waals surface area contributed by atoms with E-state index >= 15 is 0 Å². The van der Waals surface area contributed by atoms with Gasteiger partial charge in [0.25, 0.3) is 0 Å². The maximum absolute atomic E-state index is 12.6. The molecule has 0 N–H and O–H groups in total. The molecule has 0 spiro atoms. The van der Waals surface area contributed by atoms with Crippen molar-refractivity contribution in [3.05, 3.63) is 41.5 Å². The number of aryl methyl sites for hydroxylation is 1. The predicted octanol–water partition coefficient (Wildman–Crippen LogP) is 3.96. The average Bonchev–Trinajstić information content (AvgIpc) is 3.22. The summed E-state index contributed by atoms with van der Waals surface area (Å²) < 4.78 is 28.1. The summed E-state index contributed by atoms with van der Waals surface area (Å²) >= 11 is 0. The summed E-state index contributed by atoms with van der Waals surface area (Å²) in [4.78, 5) is 12.6. The summed E-state index contributed by atoms with van der Waals surface area (Å²) in [6.45, 7) is 0. The van der Waals surface area contributed by atoms with Crippen LogP contribution in [0.15, 0.2) is 30.3 Å². The molecule has 2 aromatic carbocycles. The summed E-state index contributed by atoms with van der Waals surface area (Å²) in [7, 11) is 7.63. The van der Waals surface area contributed by atoms with Gasteiger partial charge in [0.1, 0.15) is 5.75 Å². The number of nitrogens with zero attached hydrogens (tertiary/aromatic N) is 2. The number of aromatic nitrogens is 2. The molecule has 0 saturated heterocycles. The minimum absolute atomic E-state index is 0.476. The van der Waals surface area contributed by atoms with E-state index in [0.29, 0.717) is 34.9 Å². The topological polar surface area (TPSA) is 81.0 Å². The Balaban J connectivity index is 1.97. The van der Waals surface area contributed by atoms with Gasteiger partial charge in [-0.25, -0.2) is 4.79 Å². The van der Waals surface area contributed by atoms with Gasteiger partial charge in [-0.3, -0.25) is 0 Å². The van der Waals surface area contributed by atoms with Crippen molar-refractivity contribution in [2.75, 3.05) is 35.5 Å². The fourth-order valence-corrected chi connectivity index (χ4v) is 4.03. The number of hydrogen-bond acceptors (Lipinski definition) is 7. The SMILES string of the molecule is COC(=O)n1nc2c(c1-c1cc(OC)c(OC)c(OC)c1)CCc1cc(OC)ccc1-2. The van der Waals surface area contributed by atoms with Gasteiger partial charge in [0, 0.05) is 16.7 Å². The molecule has 0 atom stereocenters. The first-order chi connectivity index (χ1) is 15.1. The second-order valence-corrected chi connectivity index (χ2v) is 6.99. The molecule has 1 heterocycles. The molecule has 3 aromatic rings. The third-order valence-electron chi connectivity index (χ3n) is 5.48. The largest absolute Gasteiger partial charge is 0.497 e. The summed E-state index contributed by atoms with van der Waals surface area (Å²) in [5.74, 6) is 2.25. The first-order valence-corrected chi connectivity index (χ1v) is 9.74. The van der Waals surface area contributed by atoms with E-state index in [-0.39, 0.29) is 0 Å². The van der Waals surface area contributed by atoms with Crippen molar-refractivity contribution >= 4 is 6.09 Å². The van der Waals surface area contributed by atoms with Crippen LogP contribution in [0.4, 0.5) is 4.79 Å². The number of rotatable bonds is 5. The van der Waals surface area contributed by atoms with E-state index in [4.69, 9.17) is 23.7 Å². The van der Waals surface area contributed by atoms with Crippen molar-refractivity contribution in [2.45, 2.75) is 12.8 Å². The molecule has 4 rings (SSSR count). The average molecular weight is 424 g/mol. The molecule has 8 heteroatoms. The van der Waals surface area contributed by atoms with E-state index in [9.17, 15) is 4.79 Å². The van der Waals surface area contributed by atoms with Gasteiger partial charge in [0.15, 0.2) is 11.5 Å². The quantitative estimate of drug-likeness (QED) is 0.613. The summed E-state index contributed by atoms with van der Waals surface area (Å²) in [6, 6.07) is 9.49. The lowest BCUT2D eigenvalue weighted by Crippen LogP contribution is -2.14. The highest BCUT2D eigenvalue weighted by atomic mass is 16.5. The number of hydrogen-bond donors (Lipinski definition) is 0. The molecular formula is C23H24N2O6. The normalized spacial score (nSPS) is 11.9. The zero-order valence-electron chi connectivity index (χ0n) is 18.1. The van der Waals surface area contributed by atoms with Crippen LogP contribution in [-0.2, 0) is 17.6 Å². The van der Waals surface area contributed by atoms with E-state index in [1.807, 2.05) is 30.3 Å². The molecule has 1 aliphatic rings. The maximum atomic E-state index is 12.6. The van der Waals surface area contributed by atoms with Crippen molar-refractivity contribution in [1.29, 1.82) is 0 Å². The number of fused-ring (bicyclic) bond motifs is 3. The Morgan fingerprint density at radius 3 is 2.19 bits per heavy atom. The minimum Gasteiger partial charge on any atom is -0.497 e. The van der Waals surface area contributed by atoms with Crippen LogP contribution in [0.5, 0.6) is 23.0 Å². The Morgan fingerprint density at radius 2 is 1.61 bits per heavy atom. The Bertz CT molecular complexity index is 1130. The molecule has 31 heavy (non-hydrogen) atoms. The van der Waals surface area contributed by atoms with E-state index in [0.717, 1.165) is 34.6 Å². The van der Waals surface area contributed by atoms with Crippen LogP contribution in [0.25, 0.3) is 22.5 Å². The van der Waals surface area contributed by atoms with Crippen LogP contribution >= 0.6 is 0 Å². The third kappa shape index (κ3) is 3.34. The molecule has 0 radical (unpaired) electrons. The molecular weight excluding hydrogens is 400 g/mol. The zero-order valence-corrected chi connectivity index (χ0v) is 18.1. The van der Waals surface area contributed by atoms with Crippen LogP contribution in [0.2, 0.25) is 0 Å². The number of ether oxygens (including phenoxy) is 5. The number of carbonyl (C=O) groups is 1. The van der Waals surface area contributed by atoms with Gasteiger partial charge in [-0.15, -0.1) is 0 Å². The maximum Gasteiger partial charge on any atom is 0.435 e.